The second kappa shape index (κ2) is 3.74. The van der Waals surface area contributed by atoms with E-state index in [-0.39, 0.29) is 0 Å². The van der Waals surface area contributed by atoms with Crippen LogP contribution >= 0.6 is 0 Å². The molecule has 3 nitrogen and oxygen atoms in total. The molecule has 0 unspecified atom stereocenters. The van der Waals surface area contributed by atoms with Gasteiger partial charge in [-0.2, -0.15) is 5.26 Å². The zero-order valence-corrected chi connectivity index (χ0v) is 8.99. The summed E-state index contributed by atoms with van der Waals surface area (Å²) < 4.78 is 2.17. The lowest BCUT2D eigenvalue weighted by Crippen LogP contribution is -1.96. The quantitative estimate of drug-likeness (QED) is 0.745. The Labute approximate surface area is 89.0 Å². The Morgan fingerprint density at radius 3 is 2.93 bits per heavy atom. The van der Waals surface area contributed by atoms with Crippen molar-refractivity contribution in [3.8, 4) is 6.07 Å². The molecule has 1 aromatic heterocycles. The number of nitriles is 1. The van der Waals surface area contributed by atoms with E-state index in [1.807, 2.05) is 25.1 Å². The lowest BCUT2D eigenvalue weighted by molar-refractivity contribution is 0.753. The highest BCUT2D eigenvalue weighted by Crippen LogP contribution is 2.17. The van der Waals surface area contributed by atoms with Crippen LogP contribution in [0.1, 0.15) is 18.3 Å². The first kappa shape index (κ1) is 9.72. The average Bonchev–Trinajstić information content (AvgIpc) is 2.53. The van der Waals surface area contributed by atoms with Gasteiger partial charge in [0.05, 0.1) is 23.5 Å². The molecule has 0 saturated heterocycles. The number of rotatable bonds is 2. The molecule has 0 N–H and O–H groups in total. The summed E-state index contributed by atoms with van der Waals surface area (Å²) in [6, 6.07) is 8.19. The number of aromatic nitrogens is 2. The third kappa shape index (κ3) is 1.59. The Morgan fingerprint density at radius 2 is 2.27 bits per heavy atom. The highest BCUT2D eigenvalue weighted by Gasteiger charge is 2.05. The van der Waals surface area contributed by atoms with Gasteiger partial charge in [0.15, 0.2) is 0 Å². The summed E-state index contributed by atoms with van der Waals surface area (Å²) in [5.41, 5.74) is 3.17. The summed E-state index contributed by atoms with van der Waals surface area (Å²) in [7, 11) is 0. The topological polar surface area (TPSA) is 41.6 Å². The predicted molar refractivity (Wildman–Crippen MR) is 59.5 cm³/mol. The van der Waals surface area contributed by atoms with Crippen molar-refractivity contribution in [2.45, 2.75) is 26.8 Å². The SMILES string of the molecule is CCn1c(C)nc2cc(CC#N)ccc21. The first-order valence-corrected chi connectivity index (χ1v) is 5.09. The number of aryl methyl sites for hydroxylation is 2. The fourth-order valence-corrected chi connectivity index (χ4v) is 1.90. The third-order valence-corrected chi connectivity index (χ3v) is 2.60. The number of hydrogen-bond donors (Lipinski definition) is 0. The van der Waals surface area contributed by atoms with Crippen molar-refractivity contribution < 1.29 is 0 Å². The van der Waals surface area contributed by atoms with Gasteiger partial charge < -0.3 is 4.57 Å². The molecular weight excluding hydrogens is 186 g/mol. The minimum absolute atomic E-state index is 0.452. The van der Waals surface area contributed by atoms with Gasteiger partial charge in [-0.05, 0) is 31.5 Å². The fraction of sp³-hybridized carbons (Fsp3) is 0.333. The second-order valence-corrected chi connectivity index (χ2v) is 3.56. The molecule has 15 heavy (non-hydrogen) atoms. The van der Waals surface area contributed by atoms with Crippen molar-refractivity contribution in [2.24, 2.45) is 0 Å². The lowest BCUT2D eigenvalue weighted by atomic mass is 10.1. The molecule has 76 valence electrons. The molecule has 0 saturated carbocycles. The summed E-state index contributed by atoms with van der Waals surface area (Å²) in [4.78, 5) is 4.48. The van der Waals surface area contributed by atoms with Crippen molar-refractivity contribution in [3.05, 3.63) is 29.6 Å². The lowest BCUT2D eigenvalue weighted by Gasteiger charge is -2.01. The molecule has 3 heteroatoms. The second-order valence-electron chi connectivity index (χ2n) is 3.56. The van der Waals surface area contributed by atoms with Crippen molar-refractivity contribution in [3.63, 3.8) is 0 Å². The smallest absolute Gasteiger partial charge is 0.106 e. The van der Waals surface area contributed by atoms with E-state index in [0.717, 1.165) is 29.0 Å². The van der Waals surface area contributed by atoms with E-state index < -0.39 is 0 Å². The van der Waals surface area contributed by atoms with Crippen LogP contribution < -0.4 is 0 Å². The Hall–Kier alpha value is -1.82. The Morgan fingerprint density at radius 1 is 1.47 bits per heavy atom. The minimum atomic E-state index is 0.452. The number of nitrogens with zero attached hydrogens (tertiary/aromatic N) is 3. The normalized spacial score (nSPS) is 10.5. The van der Waals surface area contributed by atoms with Crippen molar-refractivity contribution in [1.29, 1.82) is 5.26 Å². The molecule has 0 spiro atoms. The summed E-state index contributed by atoms with van der Waals surface area (Å²) >= 11 is 0. The van der Waals surface area contributed by atoms with Gasteiger partial charge in [0.25, 0.3) is 0 Å². The molecule has 2 rings (SSSR count). The van der Waals surface area contributed by atoms with Gasteiger partial charge in [-0.3, -0.25) is 0 Å². The summed E-state index contributed by atoms with van der Waals surface area (Å²) in [5, 5.41) is 8.62. The van der Waals surface area contributed by atoms with Crippen LogP contribution in [-0.2, 0) is 13.0 Å². The van der Waals surface area contributed by atoms with Gasteiger partial charge in [0, 0.05) is 6.54 Å². The van der Waals surface area contributed by atoms with E-state index in [0.29, 0.717) is 6.42 Å². The molecule has 0 fully saturated rings. The van der Waals surface area contributed by atoms with Crippen LogP contribution in [0.2, 0.25) is 0 Å². The van der Waals surface area contributed by atoms with Crippen LogP contribution in [0.4, 0.5) is 0 Å². The number of fused-ring (bicyclic) bond motifs is 1. The first-order valence-electron chi connectivity index (χ1n) is 5.09. The Bertz CT molecular complexity index is 532. The van der Waals surface area contributed by atoms with Gasteiger partial charge in [0.1, 0.15) is 5.82 Å². The zero-order chi connectivity index (χ0) is 10.8. The molecule has 0 bridgehead atoms. The molecular formula is C12H13N3. The van der Waals surface area contributed by atoms with Crippen molar-refractivity contribution in [1.82, 2.24) is 9.55 Å². The number of hydrogen-bond acceptors (Lipinski definition) is 2. The van der Waals surface area contributed by atoms with Gasteiger partial charge in [0.2, 0.25) is 0 Å². The molecule has 0 atom stereocenters. The van der Waals surface area contributed by atoms with Crippen molar-refractivity contribution in [2.75, 3.05) is 0 Å². The average molecular weight is 199 g/mol. The molecule has 0 amide bonds. The summed E-state index contributed by atoms with van der Waals surface area (Å²) in [6.07, 6.45) is 0.452. The van der Waals surface area contributed by atoms with E-state index in [9.17, 15) is 0 Å². The van der Waals surface area contributed by atoms with Crippen LogP contribution in [0.3, 0.4) is 0 Å². The van der Waals surface area contributed by atoms with Crippen LogP contribution in [0, 0.1) is 18.3 Å². The van der Waals surface area contributed by atoms with E-state index in [4.69, 9.17) is 5.26 Å². The van der Waals surface area contributed by atoms with Crippen LogP contribution in [-0.4, -0.2) is 9.55 Å². The van der Waals surface area contributed by atoms with Gasteiger partial charge in [-0.1, -0.05) is 6.07 Å². The molecule has 0 aliphatic heterocycles. The standard InChI is InChI=1S/C12H13N3/c1-3-15-9(2)14-11-8-10(6-7-13)4-5-12(11)15/h4-5,8H,3,6H2,1-2H3. The fourth-order valence-electron chi connectivity index (χ4n) is 1.90. The number of imidazole rings is 1. The number of benzene rings is 1. The largest absolute Gasteiger partial charge is 0.329 e. The summed E-state index contributed by atoms with van der Waals surface area (Å²) in [6.45, 7) is 5.05. The van der Waals surface area contributed by atoms with E-state index in [2.05, 4.69) is 22.5 Å². The molecule has 1 aromatic carbocycles. The third-order valence-electron chi connectivity index (χ3n) is 2.60. The van der Waals surface area contributed by atoms with Crippen molar-refractivity contribution >= 4 is 11.0 Å². The monoisotopic (exact) mass is 199 g/mol. The summed E-state index contributed by atoms with van der Waals surface area (Å²) in [5.74, 6) is 1.03. The predicted octanol–water partition coefficient (Wildman–Crippen LogP) is 2.43. The molecule has 0 aliphatic carbocycles. The van der Waals surface area contributed by atoms with E-state index >= 15 is 0 Å². The molecule has 0 aliphatic rings. The van der Waals surface area contributed by atoms with E-state index in [1.54, 1.807) is 0 Å². The van der Waals surface area contributed by atoms with Crippen LogP contribution in [0.15, 0.2) is 18.2 Å². The Balaban J connectivity index is 2.60. The molecule has 2 aromatic rings. The highest BCUT2D eigenvalue weighted by molar-refractivity contribution is 5.77. The van der Waals surface area contributed by atoms with E-state index in [1.165, 1.54) is 0 Å². The van der Waals surface area contributed by atoms with Crippen LogP contribution in [0.5, 0.6) is 0 Å². The molecule has 0 radical (unpaired) electrons. The zero-order valence-electron chi connectivity index (χ0n) is 8.99. The maximum Gasteiger partial charge on any atom is 0.106 e. The highest BCUT2D eigenvalue weighted by atomic mass is 15.1. The molecule has 1 heterocycles. The van der Waals surface area contributed by atoms with Crippen LogP contribution in [0.25, 0.3) is 11.0 Å². The van der Waals surface area contributed by atoms with Gasteiger partial charge in [-0.25, -0.2) is 4.98 Å². The van der Waals surface area contributed by atoms with Gasteiger partial charge >= 0.3 is 0 Å². The maximum atomic E-state index is 8.62. The van der Waals surface area contributed by atoms with Gasteiger partial charge in [-0.15, -0.1) is 0 Å². The first-order chi connectivity index (χ1) is 7.26. The minimum Gasteiger partial charge on any atom is -0.329 e. The Kier molecular flexibility index (Phi) is 2.42. The maximum absolute atomic E-state index is 8.62.